The van der Waals surface area contributed by atoms with E-state index >= 15 is 0 Å². The third-order valence-electron chi connectivity index (χ3n) is 4.60. The minimum atomic E-state index is -0.642. The van der Waals surface area contributed by atoms with Crippen LogP contribution in [0.1, 0.15) is 51.9 Å². The Morgan fingerprint density at radius 1 is 1.25 bits per heavy atom. The molecule has 112 valence electrons. The Morgan fingerprint density at radius 2 is 1.85 bits per heavy atom. The predicted molar refractivity (Wildman–Crippen MR) is 75.9 cm³/mol. The lowest BCUT2D eigenvalue weighted by Gasteiger charge is -2.36. The van der Waals surface area contributed by atoms with Gasteiger partial charge < -0.3 is 10.4 Å². The zero-order valence-corrected chi connectivity index (χ0v) is 12.3. The van der Waals surface area contributed by atoms with Crippen LogP contribution in [-0.2, 0) is 4.79 Å². The van der Waals surface area contributed by atoms with E-state index in [4.69, 9.17) is 0 Å². The van der Waals surface area contributed by atoms with Gasteiger partial charge >= 0.3 is 0 Å². The van der Waals surface area contributed by atoms with Gasteiger partial charge in [0.15, 0.2) is 0 Å². The molecule has 5 nitrogen and oxygen atoms in total. The lowest BCUT2D eigenvalue weighted by atomic mass is 9.83. The van der Waals surface area contributed by atoms with Crippen molar-refractivity contribution in [2.24, 2.45) is 0 Å². The zero-order chi connectivity index (χ0) is 14.6. The van der Waals surface area contributed by atoms with Gasteiger partial charge in [-0.2, -0.15) is 5.26 Å². The quantitative estimate of drug-likeness (QED) is 0.813. The summed E-state index contributed by atoms with van der Waals surface area (Å²) in [7, 11) is 0. The number of hydrogen-bond donors (Lipinski definition) is 2. The van der Waals surface area contributed by atoms with Crippen molar-refractivity contribution >= 4 is 5.91 Å². The maximum absolute atomic E-state index is 12.1. The summed E-state index contributed by atoms with van der Waals surface area (Å²) >= 11 is 0. The van der Waals surface area contributed by atoms with Crippen molar-refractivity contribution in [2.45, 2.75) is 63.0 Å². The smallest absolute Gasteiger partial charge is 0.235 e. The fraction of sp³-hybridized carbons (Fsp3) is 0.867. The van der Waals surface area contributed by atoms with Gasteiger partial charge in [0, 0.05) is 13.1 Å². The average Bonchev–Trinajstić information content (AvgIpc) is 2.42. The number of nitrogens with one attached hydrogen (secondary N) is 1. The van der Waals surface area contributed by atoms with Crippen LogP contribution in [0.5, 0.6) is 0 Å². The van der Waals surface area contributed by atoms with Gasteiger partial charge in [-0.25, -0.2) is 0 Å². The van der Waals surface area contributed by atoms with Gasteiger partial charge in [0.1, 0.15) is 5.54 Å². The van der Waals surface area contributed by atoms with Crippen molar-refractivity contribution < 1.29 is 9.90 Å². The number of amides is 1. The molecule has 2 aliphatic rings. The van der Waals surface area contributed by atoms with E-state index in [1.807, 2.05) is 6.92 Å². The molecule has 20 heavy (non-hydrogen) atoms. The van der Waals surface area contributed by atoms with Crippen LogP contribution in [0.4, 0.5) is 0 Å². The summed E-state index contributed by atoms with van der Waals surface area (Å²) in [5.74, 6) is -0.0602. The standard InChI is InChI=1S/C15H25N3O2/c1-14(20)7-9-18(10-8-14)11-13(19)17-15(12-16)5-3-2-4-6-15/h20H,2-11H2,1H3,(H,17,19). The first-order chi connectivity index (χ1) is 9.45. The topological polar surface area (TPSA) is 76.4 Å². The van der Waals surface area contributed by atoms with Crippen LogP contribution in [-0.4, -0.2) is 46.7 Å². The van der Waals surface area contributed by atoms with Gasteiger partial charge in [0.25, 0.3) is 0 Å². The molecule has 1 aliphatic carbocycles. The van der Waals surface area contributed by atoms with Crippen molar-refractivity contribution in [2.75, 3.05) is 19.6 Å². The Labute approximate surface area is 120 Å². The van der Waals surface area contributed by atoms with Gasteiger partial charge in [-0.05, 0) is 32.6 Å². The van der Waals surface area contributed by atoms with E-state index in [0.29, 0.717) is 19.4 Å². The van der Waals surface area contributed by atoms with Crippen molar-refractivity contribution in [3.8, 4) is 6.07 Å². The summed E-state index contributed by atoms with van der Waals surface area (Å²) in [5.41, 5.74) is -1.24. The molecule has 1 heterocycles. The first-order valence-corrected chi connectivity index (χ1v) is 7.62. The first-order valence-electron chi connectivity index (χ1n) is 7.62. The molecule has 0 atom stereocenters. The molecule has 1 aliphatic heterocycles. The SMILES string of the molecule is CC1(O)CCN(CC(=O)NC2(C#N)CCCCC2)CC1. The van der Waals surface area contributed by atoms with E-state index < -0.39 is 11.1 Å². The Balaban J connectivity index is 1.82. The largest absolute Gasteiger partial charge is 0.390 e. The molecule has 0 radical (unpaired) electrons. The monoisotopic (exact) mass is 279 g/mol. The highest BCUT2D eigenvalue weighted by atomic mass is 16.3. The number of piperidine rings is 1. The maximum Gasteiger partial charge on any atom is 0.235 e. The van der Waals surface area contributed by atoms with Gasteiger partial charge in [0.05, 0.1) is 18.2 Å². The molecular formula is C15H25N3O2. The number of carbonyl (C=O) groups is 1. The minimum absolute atomic E-state index is 0.0602. The second-order valence-corrected chi connectivity index (χ2v) is 6.58. The molecule has 0 aromatic rings. The third-order valence-corrected chi connectivity index (χ3v) is 4.60. The van der Waals surface area contributed by atoms with Gasteiger partial charge in [0.2, 0.25) is 5.91 Å². The van der Waals surface area contributed by atoms with Crippen LogP contribution in [0.15, 0.2) is 0 Å². The van der Waals surface area contributed by atoms with Gasteiger partial charge in [-0.3, -0.25) is 9.69 Å². The van der Waals surface area contributed by atoms with E-state index in [1.54, 1.807) is 0 Å². The molecule has 0 aromatic carbocycles. The molecule has 0 bridgehead atoms. The van der Waals surface area contributed by atoms with Gasteiger partial charge in [-0.15, -0.1) is 0 Å². The number of likely N-dealkylation sites (tertiary alicyclic amines) is 1. The average molecular weight is 279 g/mol. The van der Waals surface area contributed by atoms with Crippen LogP contribution < -0.4 is 5.32 Å². The molecule has 0 aromatic heterocycles. The fourth-order valence-corrected chi connectivity index (χ4v) is 3.12. The molecule has 0 spiro atoms. The summed E-state index contributed by atoms with van der Waals surface area (Å²) in [6, 6.07) is 2.31. The van der Waals surface area contributed by atoms with E-state index in [-0.39, 0.29) is 5.91 Å². The van der Waals surface area contributed by atoms with Crippen LogP contribution in [0.25, 0.3) is 0 Å². The van der Waals surface area contributed by atoms with Crippen LogP contribution in [0.3, 0.4) is 0 Å². The minimum Gasteiger partial charge on any atom is -0.390 e. The van der Waals surface area contributed by atoms with Crippen LogP contribution in [0.2, 0.25) is 0 Å². The lowest BCUT2D eigenvalue weighted by Crippen LogP contribution is -2.53. The van der Waals surface area contributed by atoms with Crippen LogP contribution >= 0.6 is 0 Å². The number of aliphatic hydroxyl groups is 1. The summed E-state index contributed by atoms with van der Waals surface area (Å²) in [5, 5.41) is 22.2. The normalized spacial score (nSPS) is 25.6. The Kier molecular flexibility index (Phi) is 4.66. The third kappa shape index (κ3) is 3.94. The maximum atomic E-state index is 12.1. The molecule has 1 amide bonds. The Hall–Kier alpha value is -1.12. The summed E-state index contributed by atoms with van der Waals surface area (Å²) in [4.78, 5) is 14.2. The molecule has 0 unspecified atom stereocenters. The summed E-state index contributed by atoms with van der Waals surface area (Å²) in [6.45, 7) is 3.65. The highest BCUT2D eigenvalue weighted by Crippen LogP contribution is 2.27. The van der Waals surface area contributed by atoms with Crippen molar-refractivity contribution in [1.29, 1.82) is 5.26 Å². The van der Waals surface area contributed by atoms with Crippen molar-refractivity contribution in [1.82, 2.24) is 10.2 Å². The van der Waals surface area contributed by atoms with E-state index in [0.717, 1.165) is 45.2 Å². The van der Waals surface area contributed by atoms with Crippen molar-refractivity contribution in [3.05, 3.63) is 0 Å². The number of nitrogens with zero attached hydrogens (tertiary/aromatic N) is 2. The highest BCUT2D eigenvalue weighted by Gasteiger charge is 2.34. The molecule has 1 saturated heterocycles. The summed E-state index contributed by atoms with van der Waals surface area (Å²) < 4.78 is 0. The molecular weight excluding hydrogens is 254 g/mol. The number of hydrogen-bond acceptors (Lipinski definition) is 4. The molecule has 5 heteroatoms. The number of rotatable bonds is 3. The van der Waals surface area contributed by atoms with Crippen LogP contribution in [0, 0.1) is 11.3 Å². The molecule has 1 saturated carbocycles. The zero-order valence-electron chi connectivity index (χ0n) is 12.3. The van der Waals surface area contributed by atoms with E-state index in [2.05, 4.69) is 16.3 Å². The highest BCUT2D eigenvalue weighted by molar-refractivity contribution is 5.79. The van der Waals surface area contributed by atoms with E-state index in [1.165, 1.54) is 0 Å². The van der Waals surface area contributed by atoms with Crippen molar-refractivity contribution in [3.63, 3.8) is 0 Å². The Bertz CT molecular complexity index is 384. The van der Waals surface area contributed by atoms with Gasteiger partial charge in [-0.1, -0.05) is 19.3 Å². The molecule has 2 rings (SSSR count). The van der Waals surface area contributed by atoms with E-state index in [9.17, 15) is 15.2 Å². The number of carbonyl (C=O) groups excluding carboxylic acids is 1. The second-order valence-electron chi connectivity index (χ2n) is 6.58. The fourth-order valence-electron chi connectivity index (χ4n) is 3.12. The second kappa shape index (κ2) is 6.11. The predicted octanol–water partition coefficient (Wildman–Crippen LogP) is 1.18. The lowest BCUT2D eigenvalue weighted by molar-refractivity contribution is -0.125. The summed E-state index contributed by atoms with van der Waals surface area (Å²) in [6.07, 6.45) is 6.11. The number of nitriles is 1. The molecule has 2 fully saturated rings. The Morgan fingerprint density at radius 3 is 2.40 bits per heavy atom. The first kappa shape index (κ1) is 15.3. The molecule has 2 N–H and O–H groups in total.